The van der Waals surface area contributed by atoms with Crippen molar-refractivity contribution in [1.29, 1.82) is 0 Å². The van der Waals surface area contributed by atoms with E-state index in [1.807, 2.05) is 0 Å². The van der Waals surface area contributed by atoms with Crippen molar-refractivity contribution in [3.05, 3.63) is 34.3 Å². The Morgan fingerprint density at radius 3 is 2.43 bits per heavy atom. The lowest BCUT2D eigenvalue weighted by molar-refractivity contribution is 0.565. The zero-order valence-electron chi connectivity index (χ0n) is 8.25. The summed E-state index contributed by atoms with van der Waals surface area (Å²) in [5, 5.41) is 0. The molecule has 0 spiro atoms. The van der Waals surface area contributed by atoms with Gasteiger partial charge in [0.25, 0.3) is 0 Å². The molecule has 0 aliphatic heterocycles. The standard InChI is InChI=1S/C12H16BrN/c13-11-5-3-10(4-6-11)12(7-8-14)9-1-2-9/h3-6,9,12H,1-2,7-8,14H2. The van der Waals surface area contributed by atoms with Gasteiger partial charge in [0.1, 0.15) is 0 Å². The number of hydrogen-bond acceptors (Lipinski definition) is 1. The average Bonchev–Trinajstić information content (AvgIpc) is 2.99. The normalized spacial score (nSPS) is 18.1. The van der Waals surface area contributed by atoms with Crippen LogP contribution in [0.3, 0.4) is 0 Å². The molecule has 0 heterocycles. The van der Waals surface area contributed by atoms with Gasteiger partial charge in [0.05, 0.1) is 0 Å². The molecule has 1 aromatic rings. The zero-order chi connectivity index (χ0) is 9.97. The number of halogens is 1. The van der Waals surface area contributed by atoms with Gasteiger partial charge in [-0.1, -0.05) is 28.1 Å². The lowest BCUT2D eigenvalue weighted by Gasteiger charge is -2.15. The smallest absolute Gasteiger partial charge is 0.0175 e. The lowest BCUT2D eigenvalue weighted by atomic mass is 9.91. The van der Waals surface area contributed by atoms with Gasteiger partial charge in [0.2, 0.25) is 0 Å². The van der Waals surface area contributed by atoms with Crippen LogP contribution in [0.15, 0.2) is 28.7 Å². The molecule has 1 nitrogen and oxygen atoms in total. The lowest BCUT2D eigenvalue weighted by Crippen LogP contribution is -2.09. The minimum Gasteiger partial charge on any atom is -0.330 e. The summed E-state index contributed by atoms with van der Waals surface area (Å²) >= 11 is 3.46. The van der Waals surface area contributed by atoms with Crippen molar-refractivity contribution in [2.75, 3.05) is 6.54 Å². The summed E-state index contributed by atoms with van der Waals surface area (Å²) in [6.45, 7) is 0.803. The highest BCUT2D eigenvalue weighted by atomic mass is 79.9. The molecule has 1 saturated carbocycles. The van der Waals surface area contributed by atoms with Gasteiger partial charge in [-0.15, -0.1) is 0 Å². The van der Waals surface area contributed by atoms with E-state index in [1.165, 1.54) is 18.4 Å². The van der Waals surface area contributed by atoms with Crippen LogP contribution in [0.25, 0.3) is 0 Å². The molecule has 1 aliphatic rings. The fourth-order valence-electron chi connectivity index (χ4n) is 2.06. The SMILES string of the molecule is NCCC(c1ccc(Br)cc1)C1CC1. The summed E-state index contributed by atoms with van der Waals surface area (Å²) in [5.74, 6) is 1.60. The first-order chi connectivity index (χ1) is 6.81. The highest BCUT2D eigenvalue weighted by Gasteiger charge is 2.31. The molecular formula is C12H16BrN. The number of nitrogens with two attached hydrogens (primary N) is 1. The highest BCUT2D eigenvalue weighted by molar-refractivity contribution is 9.10. The number of rotatable bonds is 4. The van der Waals surface area contributed by atoms with Gasteiger partial charge in [0, 0.05) is 4.47 Å². The van der Waals surface area contributed by atoms with E-state index >= 15 is 0 Å². The summed E-state index contributed by atoms with van der Waals surface area (Å²) in [6, 6.07) is 8.70. The van der Waals surface area contributed by atoms with E-state index in [-0.39, 0.29) is 0 Å². The van der Waals surface area contributed by atoms with Crippen molar-refractivity contribution in [1.82, 2.24) is 0 Å². The van der Waals surface area contributed by atoms with E-state index in [2.05, 4.69) is 40.2 Å². The van der Waals surface area contributed by atoms with E-state index in [9.17, 15) is 0 Å². The van der Waals surface area contributed by atoms with Gasteiger partial charge in [-0.2, -0.15) is 0 Å². The summed E-state index contributed by atoms with van der Waals surface area (Å²) in [7, 11) is 0. The van der Waals surface area contributed by atoms with Crippen LogP contribution < -0.4 is 5.73 Å². The Bertz CT molecular complexity index is 290. The molecule has 0 saturated heterocycles. The molecule has 2 N–H and O–H groups in total. The second-order valence-electron chi connectivity index (χ2n) is 4.07. The third kappa shape index (κ3) is 2.37. The highest BCUT2D eigenvalue weighted by Crippen LogP contribution is 2.44. The van der Waals surface area contributed by atoms with Crippen LogP contribution in [0.4, 0.5) is 0 Å². The van der Waals surface area contributed by atoms with E-state index in [0.717, 1.165) is 23.4 Å². The molecule has 14 heavy (non-hydrogen) atoms. The van der Waals surface area contributed by atoms with Gasteiger partial charge in [-0.05, 0) is 55.3 Å². The molecule has 1 atom stereocenters. The van der Waals surface area contributed by atoms with Crippen LogP contribution in [-0.2, 0) is 0 Å². The molecule has 1 aliphatic carbocycles. The predicted molar refractivity (Wildman–Crippen MR) is 63.3 cm³/mol. The Hall–Kier alpha value is -0.340. The van der Waals surface area contributed by atoms with Gasteiger partial charge in [0.15, 0.2) is 0 Å². The van der Waals surface area contributed by atoms with Gasteiger partial charge >= 0.3 is 0 Å². The maximum atomic E-state index is 5.65. The molecule has 1 aromatic carbocycles. The van der Waals surface area contributed by atoms with Crippen molar-refractivity contribution in [2.45, 2.75) is 25.2 Å². The van der Waals surface area contributed by atoms with Crippen molar-refractivity contribution < 1.29 is 0 Å². The zero-order valence-corrected chi connectivity index (χ0v) is 9.83. The summed E-state index contributed by atoms with van der Waals surface area (Å²) in [4.78, 5) is 0. The first kappa shape index (κ1) is 10.2. The van der Waals surface area contributed by atoms with E-state index in [1.54, 1.807) is 0 Å². The third-order valence-electron chi connectivity index (χ3n) is 2.97. The second kappa shape index (κ2) is 4.45. The Morgan fingerprint density at radius 2 is 1.93 bits per heavy atom. The number of hydrogen-bond donors (Lipinski definition) is 1. The van der Waals surface area contributed by atoms with Crippen LogP contribution >= 0.6 is 15.9 Å². The molecule has 0 aromatic heterocycles. The van der Waals surface area contributed by atoms with Crippen molar-refractivity contribution in [3.8, 4) is 0 Å². The molecule has 1 fully saturated rings. The minimum absolute atomic E-state index is 0.702. The Balaban J connectivity index is 2.13. The van der Waals surface area contributed by atoms with Crippen LogP contribution in [-0.4, -0.2) is 6.54 Å². The largest absolute Gasteiger partial charge is 0.330 e. The maximum absolute atomic E-state index is 5.65. The average molecular weight is 254 g/mol. The molecule has 0 bridgehead atoms. The van der Waals surface area contributed by atoms with Crippen LogP contribution in [0, 0.1) is 5.92 Å². The van der Waals surface area contributed by atoms with Crippen molar-refractivity contribution >= 4 is 15.9 Å². The Morgan fingerprint density at radius 1 is 1.29 bits per heavy atom. The first-order valence-corrected chi connectivity index (χ1v) is 6.06. The van der Waals surface area contributed by atoms with Crippen LogP contribution in [0.1, 0.15) is 30.7 Å². The van der Waals surface area contributed by atoms with Gasteiger partial charge < -0.3 is 5.73 Å². The summed E-state index contributed by atoms with van der Waals surface area (Å²) < 4.78 is 1.16. The van der Waals surface area contributed by atoms with Crippen LogP contribution in [0.2, 0.25) is 0 Å². The quantitative estimate of drug-likeness (QED) is 0.876. The topological polar surface area (TPSA) is 26.0 Å². The van der Waals surface area contributed by atoms with E-state index < -0.39 is 0 Å². The summed E-state index contributed by atoms with van der Waals surface area (Å²) in [5.41, 5.74) is 7.11. The van der Waals surface area contributed by atoms with Crippen molar-refractivity contribution in [2.24, 2.45) is 11.7 Å². The molecule has 76 valence electrons. The van der Waals surface area contributed by atoms with Gasteiger partial charge in [-0.25, -0.2) is 0 Å². The molecule has 1 unspecified atom stereocenters. The van der Waals surface area contributed by atoms with E-state index in [0.29, 0.717) is 5.92 Å². The molecule has 2 heteroatoms. The minimum atomic E-state index is 0.702. The fraction of sp³-hybridized carbons (Fsp3) is 0.500. The number of benzene rings is 1. The molecule has 2 rings (SSSR count). The molecule has 0 amide bonds. The third-order valence-corrected chi connectivity index (χ3v) is 3.50. The first-order valence-electron chi connectivity index (χ1n) is 5.27. The predicted octanol–water partition coefficient (Wildman–Crippen LogP) is 3.29. The fourth-order valence-corrected chi connectivity index (χ4v) is 2.33. The monoisotopic (exact) mass is 253 g/mol. The van der Waals surface area contributed by atoms with Crippen molar-refractivity contribution in [3.63, 3.8) is 0 Å². The maximum Gasteiger partial charge on any atom is 0.0175 e. The second-order valence-corrected chi connectivity index (χ2v) is 4.99. The summed E-state index contributed by atoms with van der Waals surface area (Å²) in [6.07, 6.45) is 3.91. The molecular weight excluding hydrogens is 238 g/mol. The van der Waals surface area contributed by atoms with Gasteiger partial charge in [-0.3, -0.25) is 0 Å². The molecule has 0 radical (unpaired) electrons. The Kier molecular flexibility index (Phi) is 3.24. The van der Waals surface area contributed by atoms with Crippen LogP contribution in [0.5, 0.6) is 0 Å². The Labute approximate surface area is 93.8 Å². The van der Waals surface area contributed by atoms with E-state index in [4.69, 9.17) is 5.73 Å².